The normalized spacial score (nSPS) is 10.6. The van der Waals surface area contributed by atoms with Gasteiger partial charge in [0.2, 0.25) is 5.69 Å². The van der Waals surface area contributed by atoms with Gasteiger partial charge in [0.1, 0.15) is 7.05 Å². The maximum absolute atomic E-state index is 10.9. The average Bonchev–Trinajstić information content (AvgIpc) is 2.38. The van der Waals surface area contributed by atoms with Crippen LogP contribution in [0.2, 0.25) is 0 Å². The van der Waals surface area contributed by atoms with Crippen molar-refractivity contribution in [3.05, 3.63) is 65.5 Å². The van der Waals surface area contributed by atoms with Crippen LogP contribution in [0.5, 0.6) is 0 Å². The van der Waals surface area contributed by atoms with Gasteiger partial charge >= 0.3 is 0 Å². The summed E-state index contributed by atoms with van der Waals surface area (Å²) < 4.78 is 2.03. The summed E-state index contributed by atoms with van der Waals surface area (Å²) in [5.74, 6) is 0. The molecule has 0 fully saturated rings. The van der Waals surface area contributed by atoms with Gasteiger partial charge in [-0.3, -0.25) is 4.79 Å². The molecule has 0 radical (unpaired) electrons. The van der Waals surface area contributed by atoms with Crippen molar-refractivity contribution in [3.63, 3.8) is 0 Å². The number of hydrogen-bond acceptors (Lipinski definition) is 1. The van der Waals surface area contributed by atoms with E-state index in [1.165, 1.54) is 0 Å². The number of rotatable bonds is 3. The van der Waals surface area contributed by atoms with Crippen LogP contribution in [0.15, 0.2) is 48.7 Å². The zero-order valence-corrected chi connectivity index (χ0v) is 9.71. The fourth-order valence-corrected chi connectivity index (χ4v) is 1.65. The average molecular weight is 224 g/mol. The first-order valence-electron chi connectivity index (χ1n) is 5.48. The molecule has 0 aliphatic carbocycles. The van der Waals surface area contributed by atoms with Gasteiger partial charge in [0.15, 0.2) is 12.5 Å². The van der Waals surface area contributed by atoms with Gasteiger partial charge in [-0.15, -0.1) is 0 Å². The molecule has 0 aliphatic rings. The maximum atomic E-state index is 10.9. The molecule has 1 heterocycles. The molecule has 2 aromatic rings. The Hall–Kier alpha value is -2.22. The van der Waals surface area contributed by atoms with Crippen molar-refractivity contribution in [1.82, 2.24) is 0 Å². The first kappa shape index (κ1) is 11.3. The molecule has 17 heavy (non-hydrogen) atoms. The molecule has 0 saturated heterocycles. The molecule has 2 heteroatoms. The highest BCUT2D eigenvalue weighted by molar-refractivity contribution is 5.84. The second-order valence-corrected chi connectivity index (χ2v) is 3.82. The van der Waals surface area contributed by atoms with Gasteiger partial charge in [-0.25, -0.2) is 4.57 Å². The van der Waals surface area contributed by atoms with Crippen molar-refractivity contribution in [3.8, 4) is 0 Å². The summed E-state index contributed by atoms with van der Waals surface area (Å²) in [7, 11) is 1.99. The van der Waals surface area contributed by atoms with Crippen LogP contribution < -0.4 is 4.57 Å². The van der Waals surface area contributed by atoms with E-state index in [9.17, 15) is 4.79 Å². The van der Waals surface area contributed by atoms with Crippen LogP contribution in [-0.4, -0.2) is 6.29 Å². The molecule has 0 atom stereocenters. The zero-order chi connectivity index (χ0) is 12.1. The van der Waals surface area contributed by atoms with Crippen molar-refractivity contribution >= 4 is 18.4 Å². The van der Waals surface area contributed by atoms with E-state index >= 15 is 0 Å². The van der Waals surface area contributed by atoms with Gasteiger partial charge in [-0.1, -0.05) is 24.3 Å². The minimum Gasteiger partial charge on any atom is -0.298 e. The molecule has 0 N–H and O–H groups in total. The quantitative estimate of drug-likeness (QED) is 0.579. The lowest BCUT2D eigenvalue weighted by molar-refractivity contribution is -0.673. The second kappa shape index (κ2) is 5.21. The summed E-state index contributed by atoms with van der Waals surface area (Å²) in [5, 5.41) is 0. The lowest BCUT2D eigenvalue weighted by Crippen LogP contribution is -2.30. The molecule has 0 unspecified atom stereocenters. The van der Waals surface area contributed by atoms with Crippen molar-refractivity contribution in [1.29, 1.82) is 0 Å². The van der Waals surface area contributed by atoms with E-state index in [1.54, 1.807) is 0 Å². The van der Waals surface area contributed by atoms with E-state index in [0.29, 0.717) is 5.56 Å². The third kappa shape index (κ3) is 2.67. The Morgan fingerprint density at radius 2 is 1.65 bits per heavy atom. The summed E-state index contributed by atoms with van der Waals surface area (Å²) in [5.41, 5.74) is 2.74. The Morgan fingerprint density at radius 3 is 2.35 bits per heavy atom. The van der Waals surface area contributed by atoms with E-state index < -0.39 is 0 Å². The molecule has 2 rings (SSSR count). The Bertz CT molecular complexity index is 558. The molecule has 0 saturated carbocycles. The van der Waals surface area contributed by atoms with Crippen LogP contribution in [0, 0.1) is 0 Å². The Kier molecular flexibility index (Phi) is 3.46. The topological polar surface area (TPSA) is 20.9 Å². The predicted molar refractivity (Wildman–Crippen MR) is 68.4 cm³/mol. The Morgan fingerprint density at radius 1 is 0.941 bits per heavy atom. The SMILES string of the molecule is C[n+]1ccccc1C=Cc1ccccc1C=O. The smallest absolute Gasteiger partial charge is 0.204 e. The highest BCUT2D eigenvalue weighted by Crippen LogP contribution is 2.10. The number of aromatic nitrogens is 1. The largest absolute Gasteiger partial charge is 0.298 e. The van der Waals surface area contributed by atoms with Crippen LogP contribution in [-0.2, 0) is 7.05 Å². The Labute approximate surface area is 101 Å². The van der Waals surface area contributed by atoms with Gasteiger partial charge in [0.05, 0.1) is 0 Å². The van der Waals surface area contributed by atoms with Crippen LogP contribution in [0.4, 0.5) is 0 Å². The third-order valence-electron chi connectivity index (χ3n) is 2.65. The van der Waals surface area contributed by atoms with Gasteiger partial charge in [0.25, 0.3) is 0 Å². The molecule has 0 bridgehead atoms. The molecule has 1 aromatic heterocycles. The lowest BCUT2D eigenvalue weighted by atomic mass is 10.1. The van der Waals surface area contributed by atoms with Crippen molar-refractivity contribution in [2.45, 2.75) is 0 Å². The van der Waals surface area contributed by atoms with E-state index in [1.807, 2.05) is 72.4 Å². The van der Waals surface area contributed by atoms with Crippen LogP contribution >= 0.6 is 0 Å². The number of hydrogen-bond donors (Lipinski definition) is 0. The number of pyridine rings is 1. The predicted octanol–water partition coefficient (Wildman–Crippen LogP) is 2.49. The minimum absolute atomic E-state index is 0.710. The van der Waals surface area contributed by atoms with Gasteiger partial charge < -0.3 is 0 Å². The third-order valence-corrected chi connectivity index (χ3v) is 2.65. The molecule has 2 nitrogen and oxygen atoms in total. The molecule has 1 aromatic carbocycles. The standard InChI is InChI=1S/C15H14NO/c1-16-11-5-4-8-15(16)10-9-13-6-2-3-7-14(13)12-17/h2-12H,1H3/q+1. The number of carbonyl (C=O) groups is 1. The number of aldehydes is 1. The van der Waals surface area contributed by atoms with Crippen molar-refractivity contribution < 1.29 is 9.36 Å². The number of benzene rings is 1. The van der Waals surface area contributed by atoms with Crippen LogP contribution in [0.1, 0.15) is 21.6 Å². The minimum atomic E-state index is 0.710. The van der Waals surface area contributed by atoms with Crippen molar-refractivity contribution in [2.75, 3.05) is 0 Å². The van der Waals surface area contributed by atoms with E-state index in [2.05, 4.69) is 0 Å². The summed E-state index contributed by atoms with van der Waals surface area (Å²) >= 11 is 0. The van der Waals surface area contributed by atoms with Gasteiger partial charge in [-0.2, -0.15) is 0 Å². The van der Waals surface area contributed by atoms with E-state index in [0.717, 1.165) is 17.5 Å². The fraction of sp³-hybridized carbons (Fsp3) is 0.0667. The van der Waals surface area contributed by atoms with Gasteiger partial charge in [-0.05, 0) is 17.7 Å². The lowest BCUT2D eigenvalue weighted by Gasteiger charge is -1.97. The van der Waals surface area contributed by atoms with Crippen LogP contribution in [0.25, 0.3) is 12.2 Å². The van der Waals surface area contributed by atoms with E-state index in [-0.39, 0.29) is 0 Å². The fourth-order valence-electron chi connectivity index (χ4n) is 1.65. The summed E-state index contributed by atoms with van der Waals surface area (Å²) in [4.78, 5) is 10.9. The Balaban J connectivity index is 2.32. The molecular weight excluding hydrogens is 210 g/mol. The van der Waals surface area contributed by atoms with Crippen LogP contribution in [0.3, 0.4) is 0 Å². The molecule has 0 spiro atoms. The highest BCUT2D eigenvalue weighted by Gasteiger charge is 2.00. The van der Waals surface area contributed by atoms with Gasteiger partial charge in [0, 0.05) is 23.8 Å². The van der Waals surface area contributed by atoms with Crippen molar-refractivity contribution in [2.24, 2.45) is 7.05 Å². The number of aryl methyl sites for hydroxylation is 1. The maximum Gasteiger partial charge on any atom is 0.204 e. The summed E-state index contributed by atoms with van der Waals surface area (Å²) in [6, 6.07) is 13.5. The van der Waals surface area contributed by atoms with E-state index in [4.69, 9.17) is 0 Å². The number of carbonyl (C=O) groups excluding carboxylic acids is 1. The second-order valence-electron chi connectivity index (χ2n) is 3.82. The summed E-state index contributed by atoms with van der Waals surface area (Å²) in [6.45, 7) is 0. The molecule has 0 aliphatic heterocycles. The molecule has 84 valence electrons. The first-order valence-corrected chi connectivity index (χ1v) is 5.48. The highest BCUT2D eigenvalue weighted by atomic mass is 16.1. The monoisotopic (exact) mass is 224 g/mol. The first-order chi connectivity index (χ1) is 8.31. The molecule has 0 amide bonds. The molecular formula is C15H14NO+. The summed E-state index contributed by atoms with van der Waals surface area (Å²) in [6.07, 6.45) is 6.83. The number of nitrogens with zero attached hydrogens (tertiary/aromatic N) is 1. The zero-order valence-electron chi connectivity index (χ0n) is 9.71.